The fourth-order valence-corrected chi connectivity index (χ4v) is 2.34. The number of aliphatic hydroxyl groups is 1. The lowest BCUT2D eigenvalue weighted by molar-refractivity contribution is -0.116. The molecule has 0 aliphatic carbocycles. The van der Waals surface area contributed by atoms with Crippen molar-refractivity contribution in [2.45, 2.75) is 12.5 Å². The number of benzene rings is 2. The zero-order valence-corrected chi connectivity index (χ0v) is 13.1. The minimum absolute atomic E-state index is 0.186. The zero-order chi connectivity index (χ0) is 16.8. The average molecular weight is 322 g/mol. The van der Waals surface area contributed by atoms with Gasteiger partial charge in [-0.3, -0.25) is 4.79 Å². The molecule has 1 heterocycles. The molecule has 1 aromatic heterocycles. The molecule has 3 aromatic rings. The Kier molecular flexibility index (Phi) is 5.03. The fraction of sp³-hybridized carbons (Fsp3) is 0.158. The maximum Gasteiger partial charge on any atom is 0.244 e. The van der Waals surface area contributed by atoms with E-state index in [1.54, 1.807) is 0 Å². The van der Waals surface area contributed by atoms with Gasteiger partial charge in [-0.25, -0.2) is 4.98 Å². The number of rotatable bonds is 6. The van der Waals surface area contributed by atoms with Crippen molar-refractivity contribution in [3.8, 4) is 0 Å². The third kappa shape index (κ3) is 4.30. The largest absolute Gasteiger partial charge is 0.437 e. The molecular formula is C19H18N2O3. The van der Waals surface area contributed by atoms with Gasteiger partial charge in [0.1, 0.15) is 5.52 Å². The van der Waals surface area contributed by atoms with E-state index in [9.17, 15) is 9.90 Å². The number of amides is 1. The van der Waals surface area contributed by atoms with Crippen LogP contribution in [0.2, 0.25) is 0 Å². The number of nitrogens with one attached hydrogen (secondary N) is 1. The standard InChI is InChI=1S/C19H18N2O3/c22-15(12-14-6-2-1-3-7-14)13-20-18(23)10-11-19-21-16-8-4-5-9-17(16)24-19/h1-11,15,22H,12-13H2,(H,20,23)/b11-10+. The van der Waals surface area contributed by atoms with Crippen molar-refractivity contribution in [1.82, 2.24) is 10.3 Å². The smallest absolute Gasteiger partial charge is 0.244 e. The molecule has 0 saturated carbocycles. The summed E-state index contributed by atoms with van der Waals surface area (Å²) in [6.07, 6.45) is 2.73. The van der Waals surface area contributed by atoms with E-state index in [1.807, 2.05) is 54.6 Å². The maximum absolute atomic E-state index is 11.8. The first kappa shape index (κ1) is 16.0. The summed E-state index contributed by atoms with van der Waals surface area (Å²) in [5, 5.41) is 12.6. The van der Waals surface area contributed by atoms with Gasteiger partial charge in [-0.15, -0.1) is 0 Å². The summed E-state index contributed by atoms with van der Waals surface area (Å²) in [7, 11) is 0. The van der Waals surface area contributed by atoms with E-state index in [0.717, 1.165) is 11.1 Å². The van der Waals surface area contributed by atoms with E-state index >= 15 is 0 Å². The summed E-state index contributed by atoms with van der Waals surface area (Å²) in [5.41, 5.74) is 2.45. The number of oxazole rings is 1. The predicted octanol–water partition coefficient (Wildman–Crippen LogP) is 2.56. The molecule has 3 rings (SSSR count). The number of carbonyl (C=O) groups is 1. The van der Waals surface area contributed by atoms with Crippen LogP contribution in [-0.4, -0.2) is 28.6 Å². The molecule has 0 aliphatic heterocycles. The summed E-state index contributed by atoms with van der Waals surface area (Å²) < 4.78 is 5.50. The Balaban J connectivity index is 1.50. The van der Waals surface area contributed by atoms with E-state index in [2.05, 4.69) is 10.3 Å². The highest BCUT2D eigenvalue weighted by Gasteiger charge is 2.07. The van der Waals surface area contributed by atoms with Gasteiger partial charge in [0.15, 0.2) is 5.58 Å². The van der Waals surface area contributed by atoms with Crippen LogP contribution in [0, 0.1) is 0 Å². The third-order valence-corrected chi connectivity index (χ3v) is 3.51. The van der Waals surface area contributed by atoms with Gasteiger partial charge in [0.05, 0.1) is 6.10 Å². The van der Waals surface area contributed by atoms with Crippen LogP contribution in [0.1, 0.15) is 11.5 Å². The van der Waals surface area contributed by atoms with Gasteiger partial charge < -0.3 is 14.8 Å². The summed E-state index contributed by atoms with van der Waals surface area (Å²) in [5.74, 6) is 0.0700. The molecule has 0 aliphatic rings. The minimum atomic E-state index is -0.630. The van der Waals surface area contributed by atoms with Crippen LogP contribution in [0.15, 0.2) is 65.1 Å². The number of para-hydroxylation sites is 2. The van der Waals surface area contributed by atoms with Crippen molar-refractivity contribution in [3.05, 3.63) is 72.1 Å². The van der Waals surface area contributed by atoms with Gasteiger partial charge in [0.2, 0.25) is 11.8 Å². The number of fused-ring (bicyclic) bond motifs is 1. The van der Waals surface area contributed by atoms with E-state index < -0.39 is 6.10 Å². The van der Waals surface area contributed by atoms with Gasteiger partial charge in [-0.1, -0.05) is 42.5 Å². The van der Waals surface area contributed by atoms with Crippen molar-refractivity contribution < 1.29 is 14.3 Å². The quantitative estimate of drug-likeness (QED) is 0.684. The van der Waals surface area contributed by atoms with Gasteiger partial charge in [0.25, 0.3) is 0 Å². The average Bonchev–Trinajstić information content (AvgIpc) is 3.02. The number of aromatic nitrogens is 1. The van der Waals surface area contributed by atoms with E-state index in [1.165, 1.54) is 12.2 Å². The van der Waals surface area contributed by atoms with Gasteiger partial charge in [-0.2, -0.15) is 0 Å². The molecule has 0 saturated heterocycles. The van der Waals surface area contributed by atoms with Crippen molar-refractivity contribution >= 4 is 23.1 Å². The van der Waals surface area contributed by atoms with Gasteiger partial charge >= 0.3 is 0 Å². The molecule has 0 bridgehead atoms. The van der Waals surface area contributed by atoms with E-state index in [4.69, 9.17) is 4.42 Å². The molecule has 122 valence electrons. The molecule has 0 radical (unpaired) electrons. The van der Waals surface area contributed by atoms with E-state index in [0.29, 0.717) is 17.9 Å². The highest BCUT2D eigenvalue weighted by atomic mass is 16.3. The highest BCUT2D eigenvalue weighted by molar-refractivity contribution is 5.91. The number of hydrogen-bond acceptors (Lipinski definition) is 4. The van der Waals surface area contributed by atoms with Crippen LogP contribution in [0.4, 0.5) is 0 Å². The minimum Gasteiger partial charge on any atom is -0.437 e. The van der Waals surface area contributed by atoms with Crippen molar-refractivity contribution in [3.63, 3.8) is 0 Å². The SMILES string of the molecule is O=C(/C=C/c1nc2ccccc2o1)NCC(O)Cc1ccccc1. The summed E-state index contributed by atoms with van der Waals surface area (Å²) >= 11 is 0. The Morgan fingerprint density at radius 2 is 1.92 bits per heavy atom. The van der Waals surface area contributed by atoms with Crippen molar-refractivity contribution in [1.29, 1.82) is 0 Å². The second-order valence-electron chi connectivity index (χ2n) is 5.44. The summed E-state index contributed by atoms with van der Waals surface area (Å²) in [6, 6.07) is 17.1. The Hall–Kier alpha value is -2.92. The maximum atomic E-state index is 11.8. The lowest BCUT2D eigenvalue weighted by atomic mass is 10.1. The second kappa shape index (κ2) is 7.57. The Bertz CT molecular complexity index is 807. The summed E-state index contributed by atoms with van der Waals surface area (Å²) in [4.78, 5) is 16.1. The molecule has 2 N–H and O–H groups in total. The molecule has 1 amide bonds. The van der Waals surface area contributed by atoms with Crippen LogP contribution in [0.3, 0.4) is 0 Å². The summed E-state index contributed by atoms with van der Waals surface area (Å²) in [6.45, 7) is 0.186. The van der Waals surface area contributed by atoms with Crippen LogP contribution in [0.5, 0.6) is 0 Å². The Labute approximate surface area is 139 Å². The Morgan fingerprint density at radius 3 is 2.71 bits per heavy atom. The van der Waals surface area contributed by atoms with E-state index in [-0.39, 0.29) is 12.5 Å². The molecule has 1 atom stereocenters. The second-order valence-corrected chi connectivity index (χ2v) is 5.44. The molecule has 24 heavy (non-hydrogen) atoms. The van der Waals surface area contributed by atoms with Crippen LogP contribution in [0.25, 0.3) is 17.2 Å². The topological polar surface area (TPSA) is 75.4 Å². The molecule has 1 unspecified atom stereocenters. The van der Waals surface area contributed by atoms with Crippen LogP contribution in [-0.2, 0) is 11.2 Å². The van der Waals surface area contributed by atoms with Crippen molar-refractivity contribution in [2.75, 3.05) is 6.54 Å². The number of nitrogens with zero attached hydrogens (tertiary/aromatic N) is 1. The van der Waals surface area contributed by atoms with Gasteiger partial charge in [-0.05, 0) is 17.7 Å². The van der Waals surface area contributed by atoms with Crippen molar-refractivity contribution in [2.24, 2.45) is 0 Å². The lowest BCUT2D eigenvalue weighted by Gasteiger charge is -2.10. The molecular weight excluding hydrogens is 304 g/mol. The normalized spacial score (nSPS) is 12.5. The lowest BCUT2D eigenvalue weighted by Crippen LogP contribution is -2.32. The fourth-order valence-electron chi connectivity index (χ4n) is 2.34. The first-order valence-corrected chi connectivity index (χ1v) is 7.74. The predicted molar refractivity (Wildman–Crippen MR) is 92.2 cm³/mol. The first-order valence-electron chi connectivity index (χ1n) is 7.74. The third-order valence-electron chi connectivity index (χ3n) is 3.51. The van der Waals surface area contributed by atoms with Gasteiger partial charge in [0, 0.05) is 25.1 Å². The molecule has 5 nitrogen and oxygen atoms in total. The molecule has 0 spiro atoms. The molecule has 0 fully saturated rings. The number of aliphatic hydroxyl groups excluding tert-OH is 1. The number of carbonyl (C=O) groups excluding carboxylic acids is 1. The first-order chi connectivity index (χ1) is 11.7. The van der Waals surface area contributed by atoms with Crippen LogP contribution < -0.4 is 5.32 Å². The van der Waals surface area contributed by atoms with Crippen LogP contribution >= 0.6 is 0 Å². The zero-order valence-electron chi connectivity index (χ0n) is 13.1. The molecule has 2 aromatic carbocycles. The Morgan fingerprint density at radius 1 is 1.17 bits per heavy atom. The molecule has 5 heteroatoms. The number of hydrogen-bond donors (Lipinski definition) is 2. The highest BCUT2D eigenvalue weighted by Crippen LogP contribution is 2.15. The monoisotopic (exact) mass is 322 g/mol.